The van der Waals surface area contributed by atoms with E-state index in [1.165, 1.54) is 11.4 Å². The average molecular weight is 369 g/mol. The molecule has 3 aromatic rings. The van der Waals surface area contributed by atoms with Crippen molar-refractivity contribution in [2.45, 2.75) is 0 Å². The molecule has 8 heteroatoms. The fraction of sp³-hybridized carbons (Fsp3) is 0. The zero-order valence-corrected chi connectivity index (χ0v) is 13.4. The number of rotatable bonds is 3. The van der Waals surface area contributed by atoms with Gasteiger partial charge in [0.05, 0.1) is 16.3 Å². The molecule has 0 bridgehead atoms. The van der Waals surface area contributed by atoms with Crippen molar-refractivity contribution in [1.29, 1.82) is 0 Å². The summed E-state index contributed by atoms with van der Waals surface area (Å²) >= 11 is 6.86. The molecule has 1 amide bonds. The van der Waals surface area contributed by atoms with Gasteiger partial charge in [-0.1, -0.05) is 11.6 Å². The van der Waals surface area contributed by atoms with Crippen LogP contribution in [-0.2, 0) is 0 Å². The Balaban J connectivity index is 1.83. The summed E-state index contributed by atoms with van der Waals surface area (Å²) in [5.41, 5.74) is 0.260. The smallest absolute Gasteiger partial charge is 0.258 e. The van der Waals surface area contributed by atoms with Gasteiger partial charge in [0, 0.05) is 10.9 Å². The van der Waals surface area contributed by atoms with Crippen molar-refractivity contribution >= 4 is 34.0 Å². The lowest BCUT2D eigenvalue weighted by atomic mass is 10.1. The number of nitrogens with one attached hydrogen (secondary N) is 1. The summed E-state index contributed by atoms with van der Waals surface area (Å²) in [6.45, 7) is 0. The quantitative estimate of drug-likeness (QED) is 0.696. The summed E-state index contributed by atoms with van der Waals surface area (Å²) in [6, 6.07) is 6.40. The van der Waals surface area contributed by atoms with E-state index >= 15 is 0 Å². The van der Waals surface area contributed by atoms with Crippen LogP contribution in [0.3, 0.4) is 0 Å². The van der Waals surface area contributed by atoms with E-state index in [9.17, 15) is 18.0 Å². The van der Waals surface area contributed by atoms with Gasteiger partial charge in [0.1, 0.15) is 17.5 Å². The van der Waals surface area contributed by atoms with Crippen molar-refractivity contribution in [2.24, 2.45) is 0 Å². The van der Waals surface area contributed by atoms with E-state index in [1.807, 2.05) is 0 Å². The summed E-state index contributed by atoms with van der Waals surface area (Å²) < 4.78 is 40.0. The minimum absolute atomic E-state index is 0.00781. The third-order valence-corrected chi connectivity index (χ3v) is 4.18. The van der Waals surface area contributed by atoms with Crippen LogP contribution in [0.4, 0.5) is 18.3 Å². The Morgan fingerprint density at radius 2 is 1.79 bits per heavy atom. The van der Waals surface area contributed by atoms with Crippen LogP contribution in [0.15, 0.2) is 41.8 Å². The van der Waals surface area contributed by atoms with Gasteiger partial charge >= 0.3 is 0 Å². The monoisotopic (exact) mass is 368 g/mol. The van der Waals surface area contributed by atoms with Crippen LogP contribution in [0.2, 0.25) is 5.02 Å². The van der Waals surface area contributed by atoms with Crippen LogP contribution in [-0.4, -0.2) is 10.9 Å². The molecule has 0 radical (unpaired) electrons. The van der Waals surface area contributed by atoms with Gasteiger partial charge in [-0.15, -0.1) is 11.3 Å². The van der Waals surface area contributed by atoms with E-state index in [-0.39, 0.29) is 27.0 Å². The SMILES string of the molecule is O=C(Nc1nc(-c2cc(F)ccc2F)cs1)c1ccc(F)cc1Cl. The number of benzene rings is 2. The zero-order valence-electron chi connectivity index (χ0n) is 11.8. The highest BCUT2D eigenvalue weighted by Crippen LogP contribution is 2.28. The van der Waals surface area contributed by atoms with Crippen LogP contribution in [0.1, 0.15) is 10.4 Å². The van der Waals surface area contributed by atoms with Gasteiger partial charge in [-0.25, -0.2) is 18.2 Å². The summed E-state index contributed by atoms with van der Waals surface area (Å²) in [5.74, 6) is -2.36. The number of carbonyl (C=O) groups is 1. The molecule has 1 N–H and O–H groups in total. The van der Waals surface area contributed by atoms with Crippen LogP contribution in [0.25, 0.3) is 11.3 Å². The predicted molar refractivity (Wildman–Crippen MR) is 86.8 cm³/mol. The normalized spacial score (nSPS) is 10.7. The topological polar surface area (TPSA) is 42.0 Å². The molecular formula is C16H8ClF3N2OS. The first-order chi connectivity index (χ1) is 11.4. The summed E-state index contributed by atoms with van der Waals surface area (Å²) in [6.07, 6.45) is 0. The second-order valence-electron chi connectivity index (χ2n) is 4.74. The molecule has 1 heterocycles. The maximum atomic E-state index is 13.7. The molecule has 3 nitrogen and oxygen atoms in total. The Hall–Kier alpha value is -2.38. The Kier molecular flexibility index (Phi) is 4.55. The molecule has 0 aliphatic heterocycles. The molecule has 122 valence electrons. The predicted octanol–water partition coefficient (Wildman–Crippen LogP) is 5.13. The lowest BCUT2D eigenvalue weighted by molar-refractivity contribution is 0.102. The number of carbonyl (C=O) groups excluding carboxylic acids is 1. The summed E-state index contributed by atoms with van der Waals surface area (Å²) in [7, 11) is 0. The fourth-order valence-corrected chi connectivity index (χ4v) is 2.95. The van der Waals surface area contributed by atoms with Crippen molar-refractivity contribution in [3.63, 3.8) is 0 Å². The lowest BCUT2D eigenvalue weighted by Gasteiger charge is -2.04. The number of thiazole rings is 1. The molecule has 0 fully saturated rings. The van der Waals surface area contributed by atoms with E-state index in [1.54, 1.807) is 0 Å². The first-order valence-electron chi connectivity index (χ1n) is 6.61. The second-order valence-corrected chi connectivity index (χ2v) is 6.01. The van der Waals surface area contributed by atoms with Crippen LogP contribution >= 0.6 is 22.9 Å². The highest BCUT2D eigenvalue weighted by molar-refractivity contribution is 7.14. The van der Waals surface area contributed by atoms with Crippen molar-refractivity contribution < 1.29 is 18.0 Å². The zero-order chi connectivity index (χ0) is 17.3. The fourth-order valence-electron chi connectivity index (χ4n) is 1.99. The summed E-state index contributed by atoms with van der Waals surface area (Å²) in [5, 5.41) is 4.11. The number of anilines is 1. The number of hydrogen-bond donors (Lipinski definition) is 1. The van der Waals surface area contributed by atoms with E-state index < -0.39 is 23.4 Å². The second kappa shape index (κ2) is 6.62. The van der Waals surface area contributed by atoms with Crippen LogP contribution in [0.5, 0.6) is 0 Å². The first kappa shape index (κ1) is 16.5. The van der Waals surface area contributed by atoms with Gasteiger partial charge in [0.2, 0.25) is 0 Å². The molecule has 0 saturated carbocycles. The molecule has 2 aromatic carbocycles. The van der Waals surface area contributed by atoms with E-state index in [0.717, 1.165) is 41.7 Å². The van der Waals surface area contributed by atoms with Crippen molar-refractivity contribution in [3.05, 3.63) is 69.8 Å². The van der Waals surface area contributed by atoms with E-state index in [0.29, 0.717) is 0 Å². The third kappa shape index (κ3) is 3.42. The minimum Gasteiger partial charge on any atom is -0.298 e. The molecule has 1 aromatic heterocycles. The number of amides is 1. The highest BCUT2D eigenvalue weighted by atomic mass is 35.5. The highest BCUT2D eigenvalue weighted by Gasteiger charge is 2.15. The molecule has 0 spiro atoms. The van der Waals surface area contributed by atoms with Gasteiger partial charge in [0.25, 0.3) is 5.91 Å². The first-order valence-corrected chi connectivity index (χ1v) is 7.87. The average Bonchev–Trinajstić information content (AvgIpc) is 2.97. The lowest BCUT2D eigenvalue weighted by Crippen LogP contribution is -2.12. The van der Waals surface area contributed by atoms with Gasteiger partial charge in [-0.3, -0.25) is 10.1 Å². The Morgan fingerprint density at radius 1 is 1.08 bits per heavy atom. The van der Waals surface area contributed by atoms with E-state index in [4.69, 9.17) is 11.6 Å². The maximum absolute atomic E-state index is 13.7. The number of halogens is 4. The number of aromatic nitrogens is 1. The largest absolute Gasteiger partial charge is 0.298 e. The maximum Gasteiger partial charge on any atom is 0.258 e. The molecule has 0 atom stereocenters. The van der Waals surface area contributed by atoms with Crippen LogP contribution < -0.4 is 5.32 Å². The molecule has 0 unspecified atom stereocenters. The molecule has 0 aliphatic carbocycles. The molecule has 0 aliphatic rings. The van der Waals surface area contributed by atoms with Gasteiger partial charge in [-0.2, -0.15) is 0 Å². The number of hydrogen-bond acceptors (Lipinski definition) is 3. The standard InChI is InChI=1S/C16H8ClF3N2OS/c17-12-6-9(19)1-3-10(12)15(23)22-16-21-14(7-24-16)11-5-8(18)2-4-13(11)20/h1-7H,(H,21,22,23). The van der Waals surface area contributed by atoms with Crippen molar-refractivity contribution in [2.75, 3.05) is 5.32 Å². The van der Waals surface area contributed by atoms with Crippen LogP contribution in [0, 0.1) is 17.5 Å². The Morgan fingerprint density at radius 3 is 2.54 bits per heavy atom. The van der Waals surface area contributed by atoms with Crippen molar-refractivity contribution in [3.8, 4) is 11.3 Å². The van der Waals surface area contributed by atoms with Gasteiger partial charge in [-0.05, 0) is 36.4 Å². The Bertz CT molecular complexity index is 929. The molecule has 0 saturated heterocycles. The Labute approximate surface area is 143 Å². The third-order valence-electron chi connectivity index (χ3n) is 3.10. The summed E-state index contributed by atoms with van der Waals surface area (Å²) in [4.78, 5) is 16.2. The minimum atomic E-state index is -0.624. The van der Waals surface area contributed by atoms with E-state index in [2.05, 4.69) is 10.3 Å². The van der Waals surface area contributed by atoms with Gasteiger partial charge in [0.15, 0.2) is 5.13 Å². The molecule has 3 rings (SSSR count). The number of nitrogens with zero attached hydrogens (tertiary/aromatic N) is 1. The van der Waals surface area contributed by atoms with Crippen molar-refractivity contribution in [1.82, 2.24) is 4.98 Å². The molecular weight excluding hydrogens is 361 g/mol. The molecule has 24 heavy (non-hydrogen) atoms. The van der Waals surface area contributed by atoms with Gasteiger partial charge < -0.3 is 0 Å².